The van der Waals surface area contributed by atoms with Gasteiger partial charge in [-0.05, 0) is 61.6 Å². The second-order valence-corrected chi connectivity index (χ2v) is 9.24. The Bertz CT molecular complexity index is 811. The van der Waals surface area contributed by atoms with E-state index >= 15 is 0 Å². The zero-order valence-electron chi connectivity index (χ0n) is 17.6. The van der Waals surface area contributed by atoms with Crippen molar-refractivity contribution >= 4 is 16.9 Å². The quantitative estimate of drug-likeness (QED) is 0.584. The van der Waals surface area contributed by atoms with Gasteiger partial charge >= 0.3 is 5.97 Å². The molecule has 0 aliphatic heterocycles. The Morgan fingerprint density at radius 3 is 2.61 bits per heavy atom. The fourth-order valence-corrected chi connectivity index (χ4v) is 4.22. The van der Waals surface area contributed by atoms with Crippen molar-refractivity contribution in [2.75, 3.05) is 6.54 Å². The normalized spacial score (nSPS) is 20.4. The monoisotopic (exact) mass is 386 g/mol. The number of hydrogen-bond donors (Lipinski definition) is 3. The number of hydrogen-bond acceptors (Lipinski definition) is 3. The van der Waals surface area contributed by atoms with Crippen LogP contribution >= 0.6 is 0 Å². The van der Waals surface area contributed by atoms with Crippen molar-refractivity contribution in [1.82, 2.24) is 10.3 Å². The standard InChI is InChI=1S/C23H34N2O3/c1-15-19-13-16(14-24-12-11-21(26)27)5-10-20(19)25-22(15)28-18-8-6-17(7-9-18)23(2,3)4/h5,10,13,17-18,24-25H,6-9,11-12,14H2,1-4H3,(H,26,27). The van der Waals surface area contributed by atoms with Gasteiger partial charge in [0.25, 0.3) is 0 Å². The van der Waals surface area contributed by atoms with Gasteiger partial charge in [0.2, 0.25) is 0 Å². The maximum Gasteiger partial charge on any atom is 0.304 e. The highest BCUT2D eigenvalue weighted by atomic mass is 16.5. The Hall–Kier alpha value is -2.01. The van der Waals surface area contributed by atoms with Gasteiger partial charge < -0.3 is 20.1 Å². The largest absolute Gasteiger partial charge is 0.481 e. The molecule has 28 heavy (non-hydrogen) atoms. The van der Waals surface area contributed by atoms with Crippen LogP contribution in [0, 0.1) is 18.3 Å². The molecule has 154 valence electrons. The van der Waals surface area contributed by atoms with Gasteiger partial charge in [0, 0.05) is 29.6 Å². The molecule has 5 nitrogen and oxygen atoms in total. The molecular formula is C23H34N2O3. The van der Waals surface area contributed by atoms with Gasteiger partial charge in [0.15, 0.2) is 5.88 Å². The average molecular weight is 387 g/mol. The summed E-state index contributed by atoms with van der Waals surface area (Å²) >= 11 is 0. The number of carboxylic acids is 1. The molecule has 0 bridgehead atoms. The molecule has 5 heteroatoms. The number of aromatic nitrogens is 1. The van der Waals surface area contributed by atoms with Gasteiger partial charge in [-0.1, -0.05) is 26.8 Å². The summed E-state index contributed by atoms with van der Waals surface area (Å²) in [6, 6.07) is 6.32. The van der Waals surface area contributed by atoms with E-state index < -0.39 is 5.97 Å². The first-order chi connectivity index (χ1) is 13.2. The lowest BCUT2D eigenvalue weighted by molar-refractivity contribution is -0.136. The number of fused-ring (bicyclic) bond motifs is 1. The van der Waals surface area contributed by atoms with Crippen LogP contribution < -0.4 is 10.1 Å². The summed E-state index contributed by atoms with van der Waals surface area (Å²) in [5.41, 5.74) is 3.78. The number of aliphatic carboxylic acids is 1. The fraction of sp³-hybridized carbons (Fsp3) is 0.609. The van der Waals surface area contributed by atoms with E-state index in [9.17, 15) is 4.79 Å². The topological polar surface area (TPSA) is 74.3 Å². The summed E-state index contributed by atoms with van der Waals surface area (Å²) in [5.74, 6) is 0.903. The molecular weight excluding hydrogens is 352 g/mol. The Balaban J connectivity index is 1.62. The molecule has 3 rings (SSSR count). The van der Waals surface area contributed by atoms with Crippen LogP contribution in [0.25, 0.3) is 10.9 Å². The van der Waals surface area contributed by atoms with Crippen LogP contribution in [0.3, 0.4) is 0 Å². The van der Waals surface area contributed by atoms with Crippen molar-refractivity contribution in [3.63, 3.8) is 0 Å². The first-order valence-corrected chi connectivity index (χ1v) is 10.4. The molecule has 1 heterocycles. The Labute approximate surface area is 167 Å². The molecule has 1 fully saturated rings. The highest BCUT2D eigenvalue weighted by molar-refractivity contribution is 5.86. The van der Waals surface area contributed by atoms with E-state index in [0.717, 1.165) is 41.3 Å². The summed E-state index contributed by atoms with van der Waals surface area (Å²) in [6.45, 7) is 10.3. The number of carbonyl (C=O) groups is 1. The number of ether oxygens (including phenoxy) is 1. The van der Waals surface area contributed by atoms with Crippen molar-refractivity contribution < 1.29 is 14.6 Å². The zero-order valence-corrected chi connectivity index (χ0v) is 17.6. The summed E-state index contributed by atoms with van der Waals surface area (Å²) < 4.78 is 6.36. The van der Waals surface area contributed by atoms with Gasteiger partial charge in [0.1, 0.15) is 6.10 Å². The van der Waals surface area contributed by atoms with E-state index in [4.69, 9.17) is 9.84 Å². The molecule has 0 spiro atoms. The van der Waals surface area contributed by atoms with Gasteiger partial charge in [-0.25, -0.2) is 0 Å². The molecule has 0 atom stereocenters. The summed E-state index contributed by atoms with van der Waals surface area (Å²) in [5, 5.41) is 13.1. The molecule has 3 N–H and O–H groups in total. The van der Waals surface area contributed by atoms with E-state index in [2.05, 4.69) is 56.2 Å². The third kappa shape index (κ3) is 5.07. The third-order valence-electron chi connectivity index (χ3n) is 6.11. The van der Waals surface area contributed by atoms with E-state index in [1.807, 2.05) is 0 Å². The predicted molar refractivity (Wildman–Crippen MR) is 113 cm³/mol. The smallest absolute Gasteiger partial charge is 0.304 e. The van der Waals surface area contributed by atoms with Crippen molar-refractivity contribution in [3.05, 3.63) is 29.3 Å². The molecule has 2 aromatic rings. The second kappa shape index (κ2) is 8.56. The highest BCUT2D eigenvalue weighted by Gasteiger charge is 2.30. The Kier molecular flexibility index (Phi) is 6.33. The lowest BCUT2D eigenvalue weighted by atomic mass is 9.72. The Morgan fingerprint density at radius 1 is 1.25 bits per heavy atom. The number of aryl methyl sites for hydroxylation is 1. The number of nitrogens with one attached hydrogen (secondary N) is 2. The summed E-state index contributed by atoms with van der Waals surface area (Å²) in [6.07, 6.45) is 5.15. The minimum Gasteiger partial charge on any atom is -0.481 e. The van der Waals surface area contributed by atoms with E-state index in [0.29, 0.717) is 24.6 Å². The minimum atomic E-state index is -0.775. The van der Waals surface area contributed by atoms with Crippen LogP contribution in [0.15, 0.2) is 18.2 Å². The van der Waals surface area contributed by atoms with Crippen LogP contribution in [-0.4, -0.2) is 28.7 Å². The molecule has 1 aromatic heterocycles. The van der Waals surface area contributed by atoms with Crippen molar-refractivity contribution in [2.45, 2.75) is 72.4 Å². The van der Waals surface area contributed by atoms with Gasteiger partial charge in [-0.2, -0.15) is 0 Å². The number of carboxylic acid groups (broad SMARTS) is 1. The third-order valence-corrected chi connectivity index (χ3v) is 6.11. The number of H-pyrrole nitrogens is 1. The van der Waals surface area contributed by atoms with Crippen LogP contribution in [-0.2, 0) is 11.3 Å². The molecule has 1 aliphatic carbocycles. The van der Waals surface area contributed by atoms with E-state index in [-0.39, 0.29) is 6.42 Å². The average Bonchev–Trinajstić information content (AvgIpc) is 2.94. The molecule has 1 saturated carbocycles. The van der Waals surface area contributed by atoms with Crippen LogP contribution in [0.4, 0.5) is 0 Å². The number of aromatic amines is 1. The second-order valence-electron chi connectivity index (χ2n) is 9.24. The van der Waals surface area contributed by atoms with Gasteiger partial charge in [-0.3, -0.25) is 4.79 Å². The molecule has 0 unspecified atom stereocenters. The van der Waals surface area contributed by atoms with Gasteiger partial charge in [0.05, 0.1) is 6.42 Å². The zero-order chi connectivity index (χ0) is 20.3. The molecule has 1 aliphatic rings. The first kappa shape index (κ1) is 20.7. The summed E-state index contributed by atoms with van der Waals surface area (Å²) in [7, 11) is 0. The summed E-state index contributed by atoms with van der Waals surface area (Å²) in [4.78, 5) is 14.0. The van der Waals surface area contributed by atoms with E-state index in [1.165, 1.54) is 18.2 Å². The molecule has 0 radical (unpaired) electrons. The molecule has 1 aromatic carbocycles. The first-order valence-electron chi connectivity index (χ1n) is 10.4. The maximum absolute atomic E-state index is 10.6. The van der Waals surface area contributed by atoms with Crippen molar-refractivity contribution in [1.29, 1.82) is 0 Å². The number of rotatable bonds is 7. The SMILES string of the molecule is Cc1c(OC2CCC(C(C)(C)C)CC2)[nH]c2ccc(CNCCC(=O)O)cc12. The minimum absolute atomic E-state index is 0.140. The lowest BCUT2D eigenvalue weighted by Crippen LogP contribution is -2.30. The van der Waals surface area contributed by atoms with E-state index in [1.54, 1.807) is 0 Å². The number of benzene rings is 1. The lowest BCUT2D eigenvalue weighted by Gasteiger charge is -2.36. The maximum atomic E-state index is 10.6. The molecule has 0 amide bonds. The highest BCUT2D eigenvalue weighted by Crippen LogP contribution is 2.39. The van der Waals surface area contributed by atoms with Crippen molar-refractivity contribution in [2.24, 2.45) is 11.3 Å². The van der Waals surface area contributed by atoms with Gasteiger partial charge in [-0.15, -0.1) is 0 Å². The van der Waals surface area contributed by atoms with Crippen LogP contribution in [0.1, 0.15) is 64.0 Å². The van der Waals surface area contributed by atoms with Crippen molar-refractivity contribution in [3.8, 4) is 5.88 Å². The Morgan fingerprint density at radius 2 is 1.96 bits per heavy atom. The predicted octanol–water partition coefficient (Wildman–Crippen LogP) is 5.02. The molecule has 0 saturated heterocycles. The van der Waals surface area contributed by atoms with Crippen LogP contribution in [0.5, 0.6) is 5.88 Å². The van der Waals surface area contributed by atoms with Crippen LogP contribution in [0.2, 0.25) is 0 Å². The fourth-order valence-electron chi connectivity index (χ4n) is 4.22.